The Morgan fingerprint density at radius 2 is 1.19 bits per heavy atom. The van der Waals surface area contributed by atoms with Crippen LogP contribution >= 0.6 is 22.7 Å². The van der Waals surface area contributed by atoms with E-state index in [9.17, 15) is 4.39 Å². The largest absolute Gasteiger partial charge is 0.455 e. The van der Waals surface area contributed by atoms with Crippen molar-refractivity contribution >= 4 is 102 Å². The fourth-order valence-corrected chi connectivity index (χ4v) is 9.37. The number of rotatable bonds is 4. The van der Waals surface area contributed by atoms with Gasteiger partial charge in [-0.1, -0.05) is 66.7 Å². The molecule has 0 aliphatic carbocycles. The minimum atomic E-state index is -0.326. The molecule has 7 aromatic carbocycles. The van der Waals surface area contributed by atoms with Crippen LogP contribution in [0, 0.1) is 11.6 Å². The summed E-state index contributed by atoms with van der Waals surface area (Å²) >= 11 is 3.34. The average Bonchev–Trinajstić information content (AvgIpc) is 3.80. The van der Waals surface area contributed by atoms with Gasteiger partial charge >= 0.3 is 0 Å². The van der Waals surface area contributed by atoms with Crippen LogP contribution in [0.2, 0.25) is 0 Å². The van der Waals surface area contributed by atoms with Crippen molar-refractivity contribution in [2.75, 3.05) is 4.90 Å². The van der Waals surface area contributed by atoms with Crippen molar-refractivity contribution in [1.29, 1.82) is 0 Å². The summed E-state index contributed by atoms with van der Waals surface area (Å²) < 4.78 is 40.4. The third-order valence-corrected chi connectivity index (χ3v) is 11.5. The Labute approximate surface area is 281 Å². The zero-order valence-corrected chi connectivity index (χ0v) is 26.8. The number of anilines is 3. The third kappa shape index (κ3) is 4.13. The van der Waals surface area contributed by atoms with Crippen molar-refractivity contribution in [2.24, 2.45) is 0 Å². The maximum atomic E-state index is 15.0. The number of nitrogens with zero attached hydrogens (tertiary/aromatic N) is 1. The lowest BCUT2D eigenvalue weighted by Crippen LogP contribution is -2.11. The summed E-state index contributed by atoms with van der Waals surface area (Å²) in [7, 11) is 0. The van der Waals surface area contributed by atoms with Crippen LogP contribution in [0.4, 0.5) is 25.8 Å². The molecule has 0 spiro atoms. The molecule has 3 heterocycles. The number of hydrogen-bond donors (Lipinski definition) is 0. The SMILES string of the molecule is Fc1ccc2oc3c(cc(N(c4ccc(-c5ccccc5)cc4)c4cccc5sc6ccccc6c45)c4c5cc(F)ccc5sc34)c2c1. The van der Waals surface area contributed by atoms with Gasteiger partial charge in [-0.25, -0.2) is 8.78 Å². The molecule has 0 atom stereocenters. The van der Waals surface area contributed by atoms with Gasteiger partial charge in [0.15, 0.2) is 5.58 Å². The summed E-state index contributed by atoms with van der Waals surface area (Å²) in [5.74, 6) is -0.627. The van der Waals surface area contributed by atoms with Crippen molar-refractivity contribution in [3.63, 3.8) is 0 Å². The van der Waals surface area contributed by atoms with E-state index in [0.29, 0.717) is 16.6 Å². The van der Waals surface area contributed by atoms with Crippen LogP contribution < -0.4 is 4.90 Å². The van der Waals surface area contributed by atoms with E-state index in [2.05, 4.69) is 89.8 Å². The summed E-state index contributed by atoms with van der Waals surface area (Å²) in [5, 5.41) is 5.54. The predicted molar refractivity (Wildman–Crippen MR) is 200 cm³/mol. The fourth-order valence-electron chi connectivity index (χ4n) is 7.05. The first-order chi connectivity index (χ1) is 23.6. The van der Waals surface area contributed by atoms with E-state index in [0.717, 1.165) is 59.1 Å². The molecular weight excluding hydrogens is 637 g/mol. The minimum absolute atomic E-state index is 0.301. The van der Waals surface area contributed by atoms with Gasteiger partial charge in [0.1, 0.15) is 17.2 Å². The first-order valence-electron chi connectivity index (χ1n) is 15.6. The quantitative estimate of drug-likeness (QED) is 0.187. The molecule has 10 rings (SSSR count). The molecule has 6 heteroatoms. The average molecular weight is 660 g/mol. The highest BCUT2D eigenvalue weighted by Crippen LogP contribution is 2.52. The van der Waals surface area contributed by atoms with Crippen LogP contribution in [0.15, 0.2) is 144 Å². The summed E-state index contributed by atoms with van der Waals surface area (Å²) in [6.45, 7) is 0. The molecule has 2 nitrogen and oxygen atoms in total. The van der Waals surface area contributed by atoms with Crippen LogP contribution in [0.1, 0.15) is 0 Å². The Hall–Kier alpha value is -5.56. The summed E-state index contributed by atoms with van der Waals surface area (Å²) in [6, 6.07) is 45.5. The molecule has 10 aromatic rings. The lowest BCUT2D eigenvalue weighted by atomic mass is 10.0. The molecule has 0 aliphatic rings. The van der Waals surface area contributed by atoms with E-state index in [1.807, 2.05) is 24.3 Å². The van der Waals surface area contributed by atoms with Crippen LogP contribution in [-0.2, 0) is 0 Å². The molecule has 0 amide bonds. The molecule has 0 fully saturated rings. The molecule has 0 radical (unpaired) electrons. The topological polar surface area (TPSA) is 16.4 Å². The van der Waals surface area contributed by atoms with E-state index in [1.165, 1.54) is 33.0 Å². The number of benzene rings is 7. The number of thiophene rings is 2. The predicted octanol–water partition coefficient (Wildman–Crippen LogP) is 13.7. The van der Waals surface area contributed by atoms with Gasteiger partial charge in [0.25, 0.3) is 0 Å². The maximum absolute atomic E-state index is 15.0. The molecule has 0 saturated heterocycles. The number of fused-ring (bicyclic) bond motifs is 10. The van der Waals surface area contributed by atoms with Gasteiger partial charge in [-0.05, 0) is 83.9 Å². The van der Waals surface area contributed by atoms with Crippen LogP contribution in [0.5, 0.6) is 0 Å². The Morgan fingerprint density at radius 3 is 2.04 bits per heavy atom. The first-order valence-corrected chi connectivity index (χ1v) is 17.3. The smallest absolute Gasteiger partial charge is 0.153 e. The maximum Gasteiger partial charge on any atom is 0.153 e. The summed E-state index contributed by atoms with van der Waals surface area (Å²) in [6.07, 6.45) is 0. The van der Waals surface area contributed by atoms with E-state index in [4.69, 9.17) is 4.42 Å². The van der Waals surface area contributed by atoms with Crippen molar-refractivity contribution in [3.05, 3.63) is 151 Å². The Kier molecular flexibility index (Phi) is 6.01. The molecule has 0 saturated carbocycles. The van der Waals surface area contributed by atoms with E-state index < -0.39 is 0 Å². The Morgan fingerprint density at radius 1 is 0.479 bits per heavy atom. The molecule has 0 N–H and O–H groups in total. The monoisotopic (exact) mass is 659 g/mol. The molecular formula is C42H23F2NOS2. The van der Waals surface area contributed by atoms with Crippen molar-refractivity contribution < 1.29 is 13.2 Å². The highest BCUT2D eigenvalue weighted by Gasteiger charge is 2.26. The molecule has 0 unspecified atom stereocenters. The molecule has 3 aromatic heterocycles. The van der Waals surface area contributed by atoms with Gasteiger partial charge < -0.3 is 9.32 Å². The fraction of sp³-hybridized carbons (Fsp3) is 0. The second-order valence-corrected chi connectivity index (χ2v) is 14.1. The van der Waals surface area contributed by atoms with Gasteiger partial charge in [0.2, 0.25) is 0 Å². The van der Waals surface area contributed by atoms with Gasteiger partial charge in [-0.3, -0.25) is 0 Å². The molecule has 0 aliphatic heterocycles. The lowest BCUT2D eigenvalue weighted by molar-refractivity contribution is 0.626. The molecule has 48 heavy (non-hydrogen) atoms. The zero-order valence-electron chi connectivity index (χ0n) is 25.2. The second-order valence-electron chi connectivity index (χ2n) is 12.0. The third-order valence-electron chi connectivity index (χ3n) is 9.18. The van der Waals surface area contributed by atoms with Crippen LogP contribution in [0.3, 0.4) is 0 Å². The normalized spacial score (nSPS) is 12.0. The van der Waals surface area contributed by atoms with Crippen molar-refractivity contribution in [2.45, 2.75) is 0 Å². The van der Waals surface area contributed by atoms with E-state index >= 15 is 4.39 Å². The van der Waals surface area contributed by atoms with Crippen molar-refractivity contribution in [1.82, 2.24) is 0 Å². The lowest BCUT2D eigenvalue weighted by Gasteiger charge is -2.28. The van der Waals surface area contributed by atoms with E-state index in [-0.39, 0.29) is 11.6 Å². The van der Waals surface area contributed by atoms with Gasteiger partial charge in [-0.15, -0.1) is 22.7 Å². The molecule has 228 valence electrons. The number of halogens is 2. The van der Waals surface area contributed by atoms with E-state index in [1.54, 1.807) is 34.8 Å². The Balaban J connectivity index is 1.36. The zero-order chi connectivity index (χ0) is 31.9. The van der Waals surface area contributed by atoms with Gasteiger partial charge in [0.05, 0.1) is 16.1 Å². The first kappa shape index (κ1) is 27.5. The van der Waals surface area contributed by atoms with Crippen LogP contribution in [0.25, 0.3) is 73.4 Å². The van der Waals surface area contributed by atoms with Gasteiger partial charge in [0, 0.05) is 52.1 Å². The number of hydrogen-bond acceptors (Lipinski definition) is 4. The van der Waals surface area contributed by atoms with Gasteiger partial charge in [-0.2, -0.15) is 0 Å². The number of furan rings is 1. The molecule has 0 bridgehead atoms. The Bertz CT molecular complexity index is 2870. The standard InChI is InChI=1S/C42H23F2NOS2/c43-26-15-19-35-30(21-26)31-23-34(40-32-22-27(44)16-20-37(32)48-42(40)41(31)46-35)45(28-17-13-25(14-18-28)24-7-2-1-3-8-24)33-10-6-12-38-39(33)29-9-4-5-11-36(29)47-38/h1-23H. The van der Waals surface area contributed by atoms with Crippen molar-refractivity contribution in [3.8, 4) is 11.1 Å². The highest BCUT2D eigenvalue weighted by atomic mass is 32.1. The highest BCUT2D eigenvalue weighted by molar-refractivity contribution is 7.27. The van der Waals surface area contributed by atoms with Crippen LogP contribution in [-0.4, -0.2) is 0 Å². The minimum Gasteiger partial charge on any atom is -0.455 e. The summed E-state index contributed by atoms with van der Waals surface area (Å²) in [4.78, 5) is 2.28. The second kappa shape index (κ2) is 10.5. The summed E-state index contributed by atoms with van der Waals surface area (Å²) in [5.41, 5.74) is 6.36.